The SMILES string of the molecule is CCC/C=C\C/C=C\CCCCCCCC(=O)OC(COC(=O)CCCCCCC)COC(=O)CCCCCCCCCCCCCCCCCCC/C=C\CCCCCCCCCC. The minimum Gasteiger partial charge on any atom is -0.462 e. The molecule has 0 saturated carbocycles. The number of carbonyl (C=O) groups is 3. The van der Waals surface area contributed by atoms with E-state index in [9.17, 15) is 14.4 Å². The maximum Gasteiger partial charge on any atom is 0.306 e. The van der Waals surface area contributed by atoms with Crippen molar-refractivity contribution in [3.63, 3.8) is 0 Å². The highest BCUT2D eigenvalue weighted by Gasteiger charge is 2.19. The summed E-state index contributed by atoms with van der Waals surface area (Å²) in [6.07, 6.45) is 64.9. The monoisotopic (exact) mass is 913 g/mol. The van der Waals surface area contributed by atoms with Crippen LogP contribution in [0, 0.1) is 0 Å². The second-order valence-electron chi connectivity index (χ2n) is 19.2. The van der Waals surface area contributed by atoms with Crippen molar-refractivity contribution in [3.05, 3.63) is 36.5 Å². The van der Waals surface area contributed by atoms with Gasteiger partial charge in [-0.05, 0) is 70.6 Å². The van der Waals surface area contributed by atoms with Crippen molar-refractivity contribution in [1.82, 2.24) is 0 Å². The smallest absolute Gasteiger partial charge is 0.306 e. The maximum atomic E-state index is 12.7. The third-order valence-corrected chi connectivity index (χ3v) is 12.6. The van der Waals surface area contributed by atoms with Gasteiger partial charge in [0, 0.05) is 19.3 Å². The van der Waals surface area contributed by atoms with Crippen LogP contribution in [0.25, 0.3) is 0 Å². The molecule has 0 aromatic heterocycles. The Labute approximate surface area is 404 Å². The van der Waals surface area contributed by atoms with Crippen molar-refractivity contribution < 1.29 is 28.6 Å². The normalized spacial score (nSPS) is 12.2. The van der Waals surface area contributed by atoms with Crippen LogP contribution >= 0.6 is 0 Å². The van der Waals surface area contributed by atoms with Gasteiger partial charge in [-0.3, -0.25) is 14.4 Å². The van der Waals surface area contributed by atoms with E-state index in [1.807, 2.05) is 0 Å². The van der Waals surface area contributed by atoms with E-state index in [2.05, 4.69) is 57.2 Å². The summed E-state index contributed by atoms with van der Waals surface area (Å²) >= 11 is 0. The summed E-state index contributed by atoms with van der Waals surface area (Å²) in [5.41, 5.74) is 0. The van der Waals surface area contributed by atoms with Crippen LogP contribution in [0.4, 0.5) is 0 Å². The van der Waals surface area contributed by atoms with Crippen molar-refractivity contribution in [2.24, 2.45) is 0 Å². The van der Waals surface area contributed by atoms with Crippen molar-refractivity contribution in [2.75, 3.05) is 13.2 Å². The van der Waals surface area contributed by atoms with E-state index in [0.717, 1.165) is 96.3 Å². The van der Waals surface area contributed by atoms with Gasteiger partial charge in [0.15, 0.2) is 6.10 Å². The standard InChI is InChI=1S/C59H108O6/c1-4-7-10-13-15-17-19-21-22-23-24-25-26-27-28-29-30-31-32-33-34-35-36-38-39-41-43-46-49-52-58(61)64-55-56(54-63-57(60)51-48-45-12-9-6-3)65-59(62)53-50-47-44-42-40-37-20-18-16-14-11-8-5-2/h11,14,18,20,23-24,56H,4-10,12-13,15-17,19,21-22,25-55H2,1-3H3/b14-11-,20-18-,24-23-. The summed E-state index contributed by atoms with van der Waals surface area (Å²) in [4.78, 5) is 37.7. The highest BCUT2D eigenvalue weighted by Crippen LogP contribution is 2.16. The lowest BCUT2D eigenvalue weighted by Gasteiger charge is -2.18. The minimum atomic E-state index is -0.772. The van der Waals surface area contributed by atoms with E-state index in [4.69, 9.17) is 14.2 Å². The predicted molar refractivity (Wildman–Crippen MR) is 279 cm³/mol. The zero-order valence-corrected chi connectivity index (χ0v) is 43.5. The molecule has 0 spiro atoms. The van der Waals surface area contributed by atoms with E-state index >= 15 is 0 Å². The Morgan fingerprint density at radius 2 is 0.585 bits per heavy atom. The molecule has 1 unspecified atom stereocenters. The van der Waals surface area contributed by atoms with Crippen LogP contribution in [-0.4, -0.2) is 37.2 Å². The molecule has 0 fully saturated rings. The molecule has 380 valence electrons. The van der Waals surface area contributed by atoms with Crippen LogP contribution in [0.5, 0.6) is 0 Å². The summed E-state index contributed by atoms with van der Waals surface area (Å²) in [6.45, 7) is 6.50. The Morgan fingerprint density at radius 1 is 0.308 bits per heavy atom. The molecular formula is C59H108O6. The zero-order valence-electron chi connectivity index (χ0n) is 43.5. The zero-order chi connectivity index (χ0) is 47.2. The molecule has 1 atom stereocenters. The largest absolute Gasteiger partial charge is 0.462 e. The van der Waals surface area contributed by atoms with Gasteiger partial charge < -0.3 is 14.2 Å². The Hall–Kier alpha value is -2.37. The molecule has 0 aromatic rings. The van der Waals surface area contributed by atoms with Gasteiger partial charge in [0.25, 0.3) is 0 Å². The molecule has 0 aliphatic heterocycles. The molecule has 65 heavy (non-hydrogen) atoms. The number of allylic oxidation sites excluding steroid dienone is 6. The summed E-state index contributed by atoms with van der Waals surface area (Å²) in [7, 11) is 0. The Bertz CT molecular complexity index is 1090. The van der Waals surface area contributed by atoms with Gasteiger partial charge in [0.05, 0.1) is 0 Å². The van der Waals surface area contributed by atoms with Gasteiger partial charge in [-0.25, -0.2) is 0 Å². The first-order valence-corrected chi connectivity index (χ1v) is 28.5. The summed E-state index contributed by atoms with van der Waals surface area (Å²) in [5, 5.41) is 0. The fourth-order valence-corrected chi connectivity index (χ4v) is 8.30. The minimum absolute atomic E-state index is 0.0754. The third-order valence-electron chi connectivity index (χ3n) is 12.6. The lowest BCUT2D eigenvalue weighted by atomic mass is 10.0. The quantitative estimate of drug-likeness (QED) is 0.0262. The van der Waals surface area contributed by atoms with E-state index in [0.29, 0.717) is 19.3 Å². The van der Waals surface area contributed by atoms with Crippen LogP contribution in [0.2, 0.25) is 0 Å². The number of unbranched alkanes of at least 4 members (excludes halogenated alkanes) is 35. The van der Waals surface area contributed by atoms with Crippen LogP contribution < -0.4 is 0 Å². The average molecular weight is 914 g/mol. The van der Waals surface area contributed by atoms with Gasteiger partial charge in [-0.15, -0.1) is 0 Å². The highest BCUT2D eigenvalue weighted by atomic mass is 16.6. The van der Waals surface area contributed by atoms with E-state index in [1.54, 1.807) is 0 Å². The number of hydrogen-bond acceptors (Lipinski definition) is 6. The second-order valence-corrected chi connectivity index (χ2v) is 19.2. The van der Waals surface area contributed by atoms with Crippen molar-refractivity contribution in [1.29, 1.82) is 0 Å². The van der Waals surface area contributed by atoms with E-state index < -0.39 is 6.10 Å². The van der Waals surface area contributed by atoms with Crippen molar-refractivity contribution in [2.45, 2.75) is 309 Å². The first kappa shape index (κ1) is 62.6. The van der Waals surface area contributed by atoms with Gasteiger partial charge in [0.2, 0.25) is 0 Å². The van der Waals surface area contributed by atoms with Crippen molar-refractivity contribution >= 4 is 17.9 Å². The van der Waals surface area contributed by atoms with Gasteiger partial charge >= 0.3 is 17.9 Å². The summed E-state index contributed by atoms with van der Waals surface area (Å²) in [6, 6.07) is 0. The molecule has 0 radical (unpaired) electrons. The molecule has 0 bridgehead atoms. The maximum absolute atomic E-state index is 12.7. The van der Waals surface area contributed by atoms with Crippen LogP contribution in [0.3, 0.4) is 0 Å². The molecule has 0 N–H and O–H groups in total. The summed E-state index contributed by atoms with van der Waals surface area (Å²) < 4.78 is 16.7. The van der Waals surface area contributed by atoms with Gasteiger partial charge in [-0.1, -0.05) is 250 Å². The lowest BCUT2D eigenvalue weighted by molar-refractivity contribution is -0.167. The third kappa shape index (κ3) is 52.5. The lowest BCUT2D eigenvalue weighted by Crippen LogP contribution is -2.30. The average Bonchev–Trinajstić information content (AvgIpc) is 3.30. The topological polar surface area (TPSA) is 78.9 Å². The number of ether oxygens (including phenoxy) is 3. The Morgan fingerprint density at radius 3 is 0.923 bits per heavy atom. The predicted octanol–water partition coefficient (Wildman–Crippen LogP) is 18.9. The van der Waals surface area contributed by atoms with E-state index in [-0.39, 0.29) is 31.1 Å². The second kappa shape index (κ2) is 54.2. The molecule has 0 aliphatic rings. The summed E-state index contributed by atoms with van der Waals surface area (Å²) in [5.74, 6) is -0.893. The first-order chi connectivity index (χ1) is 32.0. The number of esters is 3. The van der Waals surface area contributed by atoms with Gasteiger partial charge in [-0.2, -0.15) is 0 Å². The first-order valence-electron chi connectivity index (χ1n) is 28.5. The fourth-order valence-electron chi connectivity index (χ4n) is 8.30. The molecule has 0 heterocycles. The van der Waals surface area contributed by atoms with Gasteiger partial charge in [0.1, 0.15) is 13.2 Å². The molecule has 0 aliphatic carbocycles. The van der Waals surface area contributed by atoms with Crippen LogP contribution in [0.1, 0.15) is 303 Å². The molecular weight excluding hydrogens is 805 g/mol. The molecule has 0 rings (SSSR count). The van der Waals surface area contributed by atoms with Crippen LogP contribution in [0.15, 0.2) is 36.5 Å². The molecule has 0 amide bonds. The molecule has 6 nitrogen and oxygen atoms in total. The number of carbonyl (C=O) groups excluding carboxylic acids is 3. The Balaban J connectivity index is 3.94. The number of rotatable bonds is 52. The molecule has 0 saturated heterocycles. The highest BCUT2D eigenvalue weighted by molar-refractivity contribution is 5.71. The van der Waals surface area contributed by atoms with Crippen molar-refractivity contribution in [3.8, 4) is 0 Å². The number of hydrogen-bond donors (Lipinski definition) is 0. The Kier molecular flexibility index (Phi) is 52.3. The fraction of sp³-hybridized carbons (Fsp3) is 0.847. The van der Waals surface area contributed by atoms with E-state index in [1.165, 1.54) is 167 Å². The molecule has 0 aromatic carbocycles. The van der Waals surface area contributed by atoms with Crippen LogP contribution in [-0.2, 0) is 28.6 Å². The molecule has 6 heteroatoms.